The molecule has 0 saturated heterocycles. The number of carbonyl (C=O) groups excluding carboxylic acids is 1. The molecule has 1 heterocycles. The number of rotatable bonds is 5. The molecule has 0 aliphatic heterocycles. The maximum atomic E-state index is 13.1. The van der Waals surface area contributed by atoms with Crippen LogP contribution in [0, 0.1) is 5.82 Å². The molecule has 1 aromatic heterocycles. The molecule has 7 nitrogen and oxygen atoms in total. The van der Waals surface area contributed by atoms with E-state index in [1.807, 2.05) is 0 Å². The number of hydrogen-bond acceptors (Lipinski definition) is 5. The number of benzene rings is 2. The molecule has 3 N–H and O–H groups in total. The molecule has 0 bridgehead atoms. The molecular formula is C20H15FN2O5. The van der Waals surface area contributed by atoms with Crippen molar-refractivity contribution >= 4 is 17.6 Å². The maximum Gasteiger partial charge on any atom is 0.335 e. The fraction of sp³-hybridized carbons (Fsp3) is 0.0500. The summed E-state index contributed by atoms with van der Waals surface area (Å²) in [5.74, 6) is -2.20. The first-order valence-corrected chi connectivity index (χ1v) is 8.07. The monoisotopic (exact) mass is 382 g/mol. The molecule has 0 amide bonds. The molecule has 0 atom stereocenters. The number of anilines is 1. The Morgan fingerprint density at radius 1 is 1.04 bits per heavy atom. The molecule has 0 saturated carbocycles. The van der Waals surface area contributed by atoms with Crippen molar-refractivity contribution in [3.63, 3.8) is 0 Å². The quantitative estimate of drug-likeness (QED) is 0.656. The Labute approximate surface area is 158 Å². The third-order valence-corrected chi connectivity index (χ3v) is 4.15. The minimum Gasteiger partial charge on any atom is -0.495 e. The average molecular weight is 382 g/mol. The first kappa shape index (κ1) is 18.8. The summed E-state index contributed by atoms with van der Waals surface area (Å²) >= 11 is 0. The molecule has 0 spiro atoms. The van der Waals surface area contributed by atoms with Crippen LogP contribution < -0.4 is 16.0 Å². The highest BCUT2D eigenvalue weighted by atomic mass is 19.1. The Kier molecular flexibility index (Phi) is 4.95. The first-order valence-electron chi connectivity index (χ1n) is 8.07. The van der Waals surface area contributed by atoms with E-state index in [0.717, 1.165) is 22.8 Å². The third-order valence-electron chi connectivity index (χ3n) is 4.15. The number of ketones is 1. The number of hydrogen-bond donors (Lipinski definition) is 2. The lowest BCUT2D eigenvalue weighted by molar-refractivity contribution is 0.0696. The van der Waals surface area contributed by atoms with Gasteiger partial charge < -0.3 is 15.6 Å². The van der Waals surface area contributed by atoms with Crippen molar-refractivity contribution in [2.75, 3.05) is 12.8 Å². The second-order valence-corrected chi connectivity index (χ2v) is 5.83. The molecule has 142 valence electrons. The lowest BCUT2D eigenvalue weighted by Gasteiger charge is -2.16. The summed E-state index contributed by atoms with van der Waals surface area (Å²) in [6.45, 7) is 0. The van der Waals surface area contributed by atoms with Crippen molar-refractivity contribution in [1.82, 2.24) is 4.57 Å². The fourth-order valence-corrected chi connectivity index (χ4v) is 2.75. The number of nitrogens with two attached hydrogens (primary N) is 1. The molecule has 3 aromatic rings. The second kappa shape index (κ2) is 7.36. The largest absolute Gasteiger partial charge is 0.495 e. The van der Waals surface area contributed by atoms with Gasteiger partial charge in [-0.25, -0.2) is 9.18 Å². The Balaban J connectivity index is 2.21. The van der Waals surface area contributed by atoms with E-state index in [9.17, 15) is 23.9 Å². The smallest absolute Gasteiger partial charge is 0.335 e. The number of methoxy groups -OCH3 is 1. The van der Waals surface area contributed by atoms with Gasteiger partial charge in [0.15, 0.2) is 5.78 Å². The molecule has 0 fully saturated rings. The summed E-state index contributed by atoms with van der Waals surface area (Å²) in [7, 11) is 1.36. The summed E-state index contributed by atoms with van der Waals surface area (Å²) in [4.78, 5) is 36.5. The lowest BCUT2D eigenvalue weighted by Crippen LogP contribution is -2.24. The highest BCUT2D eigenvalue weighted by Crippen LogP contribution is 2.27. The average Bonchev–Trinajstić information content (AvgIpc) is 2.68. The van der Waals surface area contributed by atoms with Crippen molar-refractivity contribution in [2.24, 2.45) is 0 Å². The van der Waals surface area contributed by atoms with Crippen LogP contribution in [0.15, 0.2) is 59.4 Å². The van der Waals surface area contributed by atoms with E-state index in [1.54, 1.807) is 0 Å². The number of halogens is 1. The number of aromatic nitrogens is 1. The zero-order valence-corrected chi connectivity index (χ0v) is 14.7. The van der Waals surface area contributed by atoms with E-state index < -0.39 is 23.1 Å². The maximum absolute atomic E-state index is 13.1. The van der Waals surface area contributed by atoms with E-state index in [-0.39, 0.29) is 33.9 Å². The van der Waals surface area contributed by atoms with Gasteiger partial charge in [0.25, 0.3) is 5.56 Å². The number of pyridine rings is 1. The van der Waals surface area contributed by atoms with Crippen molar-refractivity contribution in [2.45, 2.75) is 0 Å². The lowest BCUT2D eigenvalue weighted by atomic mass is 10.0. The predicted molar refractivity (Wildman–Crippen MR) is 99.8 cm³/mol. The van der Waals surface area contributed by atoms with Gasteiger partial charge in [-0.05, 0) is 48.5 Å². The standard InChI is InChI=1S/C20H15FN2O5/c1-28-16-8-4-12(20(26)27)10-15(16)23-17(24)9-7-14(19(23)22)18(25)11-2-5-13(21)6-3-11/h2-10H,22H2,1H3,(H,26,27). The Morgan fingerprint density at radius 3 is 2.29 bits per heavy atom. The van der Waals surface area contributed by atoms with Crippen molar-refractivity contribution in [3.05, 3.63) is 87.5 Å². The van der Waals surface area contributed by atoms with E-state index in [1.165, 1.54) is 43.5 Å². The van der Waals surface area contributed by atoms with Crippen LogP contribution in [0.4, 0.5) is 10.2 Å². The predicted octanol–water partition coefficient (Wildman–Crippen LogP) is 2.50. The summed E-state index contributed by atoms with van der Waals surface area (Å²) in [6.07, 6.45) is 0. The molecule has 0 unspecified atom stereocenters. The number of carboxylic acids is 1. The molecule has 8 heteroatoms. The van der Waals surface area contributed by atoms with Crippen LogP contribution in [-0.4, -0.2) is 28.5 Å². The Morgan fingerprint density at radius 2 is 1.68 bits per heavy atom. The number of nitrogen functional groups attached to an aromatic ring is 1. The molecule has 0 radical (unpaired) electrons. The summed E-state index contributed by atoms with van der Waals surface area (Å²) in [5.41, 5.74) is 5.71. The first-order chi connectivity index (χ1) is 13.3. The van der Waals surface area contributed by atoms with Crippen LogP contribution in [0.1, 0.15) is 26.3 Å². The van der Waals surface area contributed by atoms with E-state index >= 15 is 0 Å². The molecule has 28 heavy (non-hydrogen) atoms. The van der Waals surface area contributed by atoms with Gasteiger partial charge in [0, 0.05) is 11.6 Å². The minimum absolute atomic E-state index is 0.00832. The number of ether oxygens (including phenoxy) is 1. The van der Waals surface area contributed by atoms with Crippen LogP contribution in [0.2, 0.25) is 0 Å². The van der Waals surface area contributed by atoms with Crippen LogP contribution in [0.5, 0.6) is 5.75 Å². The van der Waals surface area contributed by atoms with Crippen molar-refractivity contribution < 1.29 is 23.8 Å². The summed E-state index contributed by atoms with van der Waals surface area (Å²) < 4.78 is 19.3. The van der Waals surface area contributed by atoms with Gasteiger partial charge in [0.05, 0.1) is 23.9 Å². The number of carbonyl (C=O) groups is 2. The Hall–Kier alpha value is -3.94. The van der Waals surface area contributed by atoms with Gasteiger partial charge in [0.2, 0.25) is 0 Å². The van der Waals surface area contributed by atoms with Gasteiger partial charge in [-0.3, -0.25) is 14.2 Å². The zero-order chi connectivity index (χ0) is 20.4. The molecule has 0 aliphatic rings. The van der Waals surface area contributed by atoms with Crippen molar-refractivity contribution in [1.29, 1.82) is 0 Å². The SMILES string of the molecule is COc1ccc(C(=O)O)cc1-n1c(N)c(C(=O)c2ccc(F)cc2)ccc1=O. The number of aromatic carboxylic acids is 1. The van der Waals surface area contributed by atoms with Gasteiger partial charge >= 0.3 is 5.97 Å². The van der Waals surface area contributed by atoms with Crippen LogP contribution in [-0.2, 0) is 0 Å². The molecule has 2 aromatic carbocycles. The number of carboxylic acid groups (broad SMARTS) is 1. The van der Waals surface area contributed by atoms with Gasteiger partial charge in [-0.2, -0.15) is 0 Å². The van der Waals surface area contributed by atoms with Gasteiger partial charge in [-0.1, -0.05) is 0 Å². The van der Waals surface area contributed by atoms with Crippen LogP contribution in [0.25, 0.3) is 5.69 Å². The van der Waals surface area contributed by atoms with E-state index in [4.69, 9.17) is 10.5 Å². The highest BCUT2D eigenvalue weighted by molar-refractivity contribution is 6.11. The van der Waals surface area contributed by atoms with Crippen LogP contribution >= 0.6 is 0 Å². The zero-order valence-electron chi connectivity index (χ0n) is 14.7. The van der Waals surface area contributed by atoms with Gasteiger partial charge in [0.1, 0.15) is 17.4 Å². The summed E-state index contributed by atoms with van der Waals surface area (Å²) in [6, 6.07) is 11.2. The fourth-order valence-electron chi connectivity index (χ4n) is 2.75. The number of nitrogens with zero attached hydrogens (tertiary/aromatic N) is 1. The van der Waals surface area contributed by atoms with E-state index in [2.05, 4.69) is 0 Å². The van der Waals surface area contributed by atoms with Gasteiger partial charge in [-0.15, -0.1) is 0 Å². The second-order valence-electron chi connectivity index (χ2n) is 5.83. The van der Waals surface area contributed by atoms with E-state index in [0.29, 0.717) is 0 Å². The Bertz CT molecular complexity index is 1140. The van der Waals surface area contributed by atoms with Crippen molar-refractivity contribution in [3.8, 4) is 11.4 Å². The van der Waals surface area contributed by atoms with Crippen LogP contribution in [0.3, 0.4) is 0 Å². The normalized spacial score (nSPS) is 10.5. The third kappa shape index (κ3) is 3.35. The topological polar surface area (TPSA) is 112 Å². The summed E-state index contributed by atoms with van der Waals surface area (Å²) in [5, 5.41) is 9.23. The minimum atomic E-state index is -1.20. The molecule has 0 aliphatic carbocycles. The molecule has 3 rings (SSSR count). The molecular weight excluding hydrogens is 367 g/mol. The highest BCUT2D eigenvalue weighted by Gasteiger charge is 2.20.